The number of nitrogens with one attached hydrogen (secondary N) is 2. The number of amides is 1. The van der Waals surface area contributed by atoms with Crippen LogP contribution in [0.15, 0.2) is 40.1 Å². The first kappa shape index (κ1) is 14.7. The third kappa shape index (κ3) is 3.15. The lowest BCUT2D eigenvalue weighted by atomic mass is 10.2. The molecule has 0 spiro atoms. The van der Waals surface area contributed by atoms with Gasteiger partial charge in [0.25, 0.3) is 5.91 Å². The van der Waals surface area contributed by atoms with Gasteiger partial charge in [-0.25, -0.2) is 17.5 Å². The van der Waals surface area contributed by atoms with Crippen molar-refractivity contribution in [2.75, 3.05) is 5.32 Å². The predicted octanol–water partition coefficient (Wildman–Crippen LogP) is 1.51. The van der Waals surface area contributed by atoms with Gasteiger partial charge >= 0.3 is 0 Å². The Hall–Kier alpha value is -2.26. The van der Waals surface area contributed by atoms with Crippen LogP contribution in [0.4, 0.5) is 10.1 Å². The molecule has 1 aromatic heterocycles. The molecule has 0 aliphatic heterocycles. The summed E-state index contributed by atoms with van der Waals surface area (Å²) in [4.78, 5) is 11.5. The van der Waals surface area contributed by atoms with Crippen LogP contribution in [0.25, 0.3) is 0 Å². The van der Waals surface area contributed by atoms with Crippen molar-refractivity contribution in [3.63, 3.8) is 0 Å². The number of hydrogen-bond donors (Lipinski definition) is 2. The van der Waals surface area contributed by atoms with Gasteiger partial charge in [-0.3, -0.25) is 4.79 Å². The predicted molar refractivity (Wildman–Crippen MR) is 74.2 cm³/mol. The molecule has 1 heterocycles. The molecule has 1 fully saturated rings. The maximum Gasteiger partial charge on any atom is 0.255 e. The third-order valence-corrected chi connectivity index (χ3v) is 4.61. The summed E-state index contributed by atoms with van der Waals surface area (Å²) < 4.78 is 44.9. The number of carbonyl (C=O) groups excluding carboxylic acids is 1. The fourth-order valence-electron chi connectivity index (χ4n) is 1.80. The number of rotatable bonds is 5. The number of benzene rings is 1. The van der Waals surface area contributed by atoms with Crippen LogP contribution in [-0.2, 0) is 10.0 Å². The minimum Gasteiger partial charge on any atom is -0.363 e. The van der Waals surface area contributed by atoms with Crippen LogP contribution in [0, 0.1) is 5.82 Å². The van der Waals surface area contributed by atoms with E-state index in [9.17, 15) is 17.6 Å². The molecule has 9 heteroatoms. The number of carbonyl (C=O) groups is 1. The second kappa shape index (κ2) is 5.50. The normalized spacial score (nSPS) is 14.8. The van der Waals surface area contributed by atoms with Crippen LogP contribution in [0.5, 0.6) is 0 Å². The summed E-state index contributed by atoms with van der Waals surface area (Å²) in [6.45, 7) is 0. The highest BCUT2D eigenvalue weighted by Gasteiger charge is 2.30. The van der Waals surface area contributed by atoms with Crippen LogP contribution >= 0.6 is 0 Å². The lowest BCUT2D eigenvalue weighted by Crippen LogP contribution is -2.27. The summed E-state index contributed by atoms with van der Waals surface area (Å²) in [6, 6.07) is 3.00. The van der Waals surface area contributed by atoms with Crippen LogP contribution in [0.1, 0.15) is 23.2 Å². The maximum absolute atomic E-state index is 13.8. The van der Waals surface area contributed by atoms with Crippen molar-refractivity contribution in [1.29, 1.82) is 0 Å². The molecule has 3 rings (SSSR count). The molecule has 0 bridgehead atoms. The van der Waals surface area contributed by atoms with Gasteiger partial charge in [0.05, 0.1) is 6.20 Å². The fraction of sp³-hybridized carbons (Fsp3) is 0.231. The molecule has 0 unspecified atom stereocenters. The minimum absolute atomic E-state index is 0.0128. The van der Waals surface area contributed by atoms with Crippen molar-refractivity contribution in [2.45, 2.75) is 23.8 Å². The van der Waals surface area contributed by atoms with Gasteiger partial charge in [0, 0.05) is 11.6 Å². The summed E-state index contributed by atoms with van der Waals surface area (Å²) in [5.41, 5.74) is 0.327. The van der Waals surface area contributed by atoms with Crippen molar-refractivity contribution >= 4 is 21.6 Å². The van der Waals surface area contributed by atoms with E-state index < -0.39 is 26.6 Å². The Labute approximate surface area is 125 Å². The lowest BCUT2D eigenvalue weighted by molar-refractivity contribution is 0.102. The molecule has 1 aliphatic carbocycles. The van der Waals surface area contributed by atoms with Crippen LogP contribution < -0.4 is 10.0 Å². The number of halogens is 1. The smallest absolute Gasteiger partial charge is 0.255 e. The quantitative estimate of drug-likeness (QED) is 0.867. The van der Waals surface area contributed by atoms with Crippen LogP contribution in [-0.4, -0.2) is 25.5 Å². The molecular formula is C13H12FN3O4S. The zero-order valence-electron chi connectivity index (χ0n) is 11.2. The van der Waals surface area contributed by atoms with Crippen LogP contribution in [0.3, 0.4) is 0 Å². The number of anilines is 1. The van der Waals surface area contributed by atoms with E-state index in [2.05, 4.69) is 19.7 Å². The van der Waals surface area contributed by atoms with E-state index in [0.717, 1.165) is 25.0 Å². The molecule has 0 atom stereocenters. The molecule has 0 radical (unpaired) electrons. The summed E-state index contributed by atoms with van der Waals surface area (Å²) in [5.74, 6) is -1.50. The van der Waals surface area contributed by atoms with Gasteiger partial charge < -0.3 is 9.84 Å². The van der Waals surface area contributed by atoms with E-state index in [0.29, 0.717) is 5.69 Å². The molecule has 7 nitrogen and oxygen atoms in total. The van der Waals surface area contributed by atoms with Crippen molar-refractivity contribution < 1.29 is 22.1 Å². The standard InChI is InChI=1S/C13H12FN3O4S/c14-11-4-1-8(13(18)16-10-6-15-21-7-10)5-12(11)22(19,20)17-9-2-3-9/h1,4-7,9,17H,2-3H2,(H,16,18). The zero-order chi connectivity index (χ0) is 15.7. The van der Waals surface area contributed by atoms with Gasteiger partial charge in [-0.2, -0.15) is 0 Å². The Morgan fingerprint density at radius 2 is 2.14 bits per heavy atom. The van der Waals surface area contributed by atoms with E-state index in [4.69, 9.17) is 0 Å². The van der Waals surface area contributed by atoms with Gasteiger partial charge in [0.1, 0.15) is 22.7 Å². The Balaban J connectivity index is 1.87. The van der Waals surface area contributed by atoms with Gasteiger partial charge in [-0.1, -0.05) is 5.16 Å². The van der Waals surface area contributed by atoms with Crippen molar-refractivity contribution in [3.05, 3.63) is 42.0 Å². The highest BCUT2D eigenvalue weighted by molar-refractivity contribution is 7.89. The first-order valence-electron chi connectivity index (χ1n) is 6.48. The molecule has 1 aliphatic rings. The molecule has 0 saturated heterocycles. The molecule has 2 aromatic rings. The number of sulfonamides is 1. The molecule has 1 saturated carbocycles. The molecular weight excluding hydrogens is 313 g/mol. The van der Waals surface area contributed by atoms with E-state index >= 15 is 0 Å². The Kier molecular flexibility index (Phi) is 3.67. The molecule has 2 N–H and O–H groups in total. The van der Waals surface area contributed by atoms with Crippen molar-refractivity contribution in [1.82, 2.24) is 9.88 Å². The van der Waals surface area contributed by atoms with Crippen molar-refractivity contribution in [2.24, 2.45) is 0 Å². The Morgan fingerprint density at radius 1 is 1.36 bits per heavy atom. The summed E-state index contributed by atoms with van der Waals surface area (Å²) in [5, 5.41) is 5.88. The summed E-state index contributed by atoms with van der Waals surface area (Å²) in [6.07, 6.45) is 3.96. The van der Waals surface area contributed by atoms with Gasteiger partial charge in [0.15, 0.2) is 0 Å². The first-order chi connectivity index (χ1) is 10.5. The second-order valence-corrected chi connectivity index (χ2v) is 6.59. The molecule has 1 aromatic carbocycles. The van der Waals surface area contributed by atoms with Gasteiger partial charge in [-0.15, -0.1) is 0 Å². The number of hydrogen-bond acceptors (Lipinski definition) is 5. The average molecular weight is 325 g/mol. The van der Waals surface area contributed by atoms with Gasteiger partial charge in [0.2, 0.25) is 10.0 Å². The highest BCUT2D eigenvalue weighted by Crippen LogP contribution is 2.24. The largest absolute Gasteiger partial charge is 0.363 e. The van der Waals surface area contributed by atoms with E-state index in [1.54, 1.807) is 0 Å². The first-order valence-corrected chi connectivity index (χ1v) is 7.96. The molecule has 22 heavy (non-hydrogen) atoms. The highest BCUT2D eigenvalue weighted by atomic mass is 32.2. The zero-order valence-corrected chi connectivity index (χ0v) is 12.1. The number of nitrogens with zero attached hydrogens (tertiary/aromatic N) is 1. The fourth-order valence-corrected chi connectivity index (χ4v) is 3.21. The van der Waals surface area contributed by atoms with E-state index in [1.165, 1.54) is 18.5 Å². The maximum atomic E-state index is 13.8. The third-order valence-electron chi connectivity index (χ3n) is 3.07. The number of aromatic nitrogens is 1. The lowest BCUT2D eigenvalue weighted by Gasteiger charge is -2.08. The van der Waals surface area contributed by atoms with Crippen molar-refractivity contribution in [3.8, 4) is 0 Å². The Bertz CT molecular complexity index is 801. The summed E-state index contributed by atoms with van der Waals surface area (Å²) in [7, 11) is -3.98. The average Bonchev–Trinajstić information content (AvgIpc) is 3.11. The SMILES string of the molecule is O=C(Nc1cnoc1)c1ccc(F)c(S(=O)(=O)NC2CC2)c1. The molecule has 1 amide bonds. The van der Waals surface area contributed by atoms with E-state index in [1.807, 2.05) is 0 Å². The monoisotopic (exact) mass is 325 g/mol. The van der Waals surface area contributed by atoms with E-state index in [-0.39, 0.29) is 11.6 Å². The Morgan fingerprint density at radius 3 is 2.77 bits per heavy atom. The topological polar surface area (TPSA) is 101 Å². The van der Waals surface area contributed by atoms with Gasteiger partial charge in [-0.05, 0) is 31.0 Å². The minimum atomic E-state index is -3.98. The summed E-state index contributed by atoms with van der Waals surface area (Å²) >= 11 is 0. The molecule has 116 valence electrons. The second-order valence-electron chi connectivity index (χ2n) is 4.91. The van der Waals surface area contributed by atoms with Crippen LogP contribution in [0.2, 0.25) is 0 Å².